The molecule has 0 saturated heterocycles. The van der Waals surface area contributed by atoms with Gasteiger partial charge in [-0.05, 0) is 36.8 Å². The number of nitrogens with zero attached hydrogens (tertiary/aromatic N) is 2. The van der Waals surface area contributed by atoms with Gasteiger partial charge in [0, 0.05) is 5.56 Å². The highest BCUT2D eigenvalue weighted by Crippen LogP contribution is 2.45. The molecule has 0 fully saturated rings. The van der Waals surface area contributed by atoms with E-state index >= 15 is 0 Å². The highest BCUT2D eigenvalue weighted by atomic mass is 16.5. The molecule has 1 unspecified atom stereocenters. The van der Waals surface area contributed by atoms with Crippen molar-refractivity contribution < 1.29 is 9.47 Å². The number of H-pyrrole nitrogens is 1. The Balaban J connectivity index is 1.90. The van der Waals surface area contributed by atoms with Gasteiger partial charge in [-0.2, -0.15) is 5.26 Å². The number of methoxy groups -OCH3 is 1. The average Bonchev–Trinajstić information content (AvgIpc) is 3.11. The monoisotopic (exact) mass is 358 g/mol. The number of fused-ring (bicyclic) bond motifs is 1. The molecule has 1 aliphatic rings. The van der Waals surface area contributed by atoms with Gasteiger partial charge in [0.1, 0.15) is 17.4 Å². The minimum atomic E-state index is -0.352. The standard InChI is InChI=1S/C21H18N4O2/c1-12-3-5-13(6-4-12)17-16(11-22)20(23)27-21-18(17)19(24-25-21)14-7-9-15(26-2)10-8-14/h3-10,17H,23H2,1-2H3,(H,24,25). The van der Waals surface area contributed by atoms with E-state index in [2.05, 4.69) is 16.3 Å². The lowest BCUT2D eigenvalue weighted by Gasteiger charge is -2.24. The van der Waals surface area contributed by atoms with E-state index in [1.54, 1.807) is 7.11 Å². The molecule has 0 saturated carbocycles. The quantitative estimate of drug-likeness (QED) is 0.745. The molecular formula is C21H18N4O2. The number of allylic oxidation sites excluding steroid dienone is 1. The number of nitrogens with two attached hydrogens (primary N) is 1. The zero-order valence-electron chi connectivity index (χ0n) is 15.0. The third-order valence-electron chi connectivity index (χ3n) is 4.73. The molecule has 0 bridgehead atoms. The summed E-state index contributed by atoms with van der Waals surface area (Å²) < 4.78 is 10.9. The molecule has 0 radical (unpaired) electrons. The summed E-state index contributed by atoms with van der Waals surface area (Å²) in [4.78, 5) is 0. The first kappa shape index (κ1) is 16.7. The first-order chi connectivity index (χ1) is 13.1. The smallest absolute Gasteiger partial charge is 0.244 e. The highest BCUT2D eigenvalue weighted by Gasteiger charge is 2.35. The molecule has 2 heterocycles. The van der Waals surface area contributed by atoms with E-state index in [9.17, 15) is 5.26 Å². The van der Waals surface area contributed by atoms with Crippen LogP contribution >= 0.6 is 0 Å². The van der Waals surface area contributed by atoms with Crippen molar-refractivity contribution >= 4 is 0 Å². The maximum absolute atomic E-state index is 9.73. The number of aromatic nitrogens is 2. The van der Waals surface area contributed by atoms with Crippen LogP contribution in [0.5, 0.6) is 11.6 Å². The number of rotatable bonds is 3. The number of benzene rings is 2. The number of ether oxygens (including phenoxy) is 2. The molecular weight excluding hydrogens is 340 g/mol. The van der Waals surface area contributed by atoms with Gasteiger partial charge >= 0.3 is 0 Å². The molecule has 4 rings (SSSR count). The molecule has 6 heteroatoms. The Labute approximate surface area is 156 Å². The van der Waals surface area contributed by atoms with Gasteiger partial charge in [-0.3, -0.25) is 5.10 Å². The summed E-state index contributed by atoms with van der Waals surface area (Å²) in [6.07, 6.45) is 0. The van der Waals surface area contributed by atoms with Crippen molar-refractivity contribution in [2.45, 2.75) is 12.8 Å². The van der Waals surface area contributed by atoms with Gasteiger partial charge in [0.2, 0.25) is 11.8 Å². The fourth-order valence-electron chi connectivity index (χ4n) is 3.32. The number of hydrogen-bond acceptors (Lipinski definition) is 5. The van der Waals surface area contributed by atoms with Gasteiger partial charge in [-0.1, -0.05) is 29.8 Å². The Morgan fingerprint density at radius 3 is 2.48 bits per heavy atom. The zero-order chi connectivity index (χ0) is 19.0. The van der Waals surface area contributed by atoms with Crippen molar-refractivity contribution in [3.63, 3.8) is 0 Å². The third kappa shape index (κ3) is 2.79. The Morgan fingerprint density at radius 2 is 1.85 bits per heavy atom. The van der Waals surface area contributed by atoms with Crippen LogP contribution in [0.1, 0.15) is 22.6 Å². The normalized spacial score (nSPS) is 15.7. The summed E-state index contributed by atoms with van der Waals surface area (Å²) in [7, 11) is 1.63. The SMILES string of the molecule is COc1ccc(-c2[nH]nc3c2C(c2ccc(C)cc2)C(C#N)=C(N)O3)cc1. The fourth-order valence-corrected chi connectivity index (χ4v) is 3.32. The second-order valence-corrected chi connectivity index (χ2v) is 6.38. The maximum atomic E-state index is 9.73. The number of aryl methyl sites for hydroxylation is 1. The van der Waals surface area contributed by atoms with Gasteiger partial charge in [-0.25, -0.2) is 0 Å². The van der Waals surface area contributed by atoms with Gasteiger partial charge in [-0.15, -0.1) is 5.10 Å². The van der Waals surface area contributed by atoms with Crippen molar-refractivity contribution in [3.05, 3.63) is 76.7 Å². The molecule has 2 aromatic carbocycles. The van der Waals surface area contributed by atoms with Crippen LogP contribution in [0.3, 0.4) is 0 Å². The lowest BCUT2D eigenvalue weighted by molar-refractivity contribution is 0.379. The number of nitrogens with one attached hydrogen (secondary N) is 1. The lowest BCUT2D eigenvalue weighted by Crippen LogP contribution is -2.21. The van der Waals surface area contributed by atoms with E-state index in [1.807, 2.05) is 55.5 Å². The van der Waals surface area contributed by atoms with Crippen molar-refractivity contribution in [1.29, 1.82) is 5.26 Å². The molecule has 1 aliphatic heterocycles. The van der Waals surface area contributed by atoms with E-state index in [1.165, 1.54) is 0 Å². The molecule has 3 aromatic rings. The second kappa shape index (κ2) is 6.54. The molecule has 0 amide bonds. The van der Waals surface area contributed by atoms with Crippen molar-refractivity contribution in [3.8, 4) is 29.0 Å². The second-order valence-electron chi connectivity index (χ2n) is 6.38. The van der Waals surface area contributed by atoms with Crippen molar-refractivity contribution in [1.82, 2.24) is 10.2 Å². The maximum Gasteiger partial charge on any atom is 0.244 e. The summed E-state index contributed by atoms with van der Waals surface area (Å²) in [5.41, 5.74) is 11.0. The summed E-state index contributed by atoms with van der Waals surface area (Å²) in [5, 5.41) is 17.1. The average molecular weight is 358 g/mol. The topological polar surface area (TPSA) is 97.0 Å². The largest absolute Gasteiger partial charge is 0.497 e. The molecule has 0 aliphatic carbocycles. The Kier molecular flexibility index (Phi) is 4.05. The zero-order valence-corrected chi connectivity index (χ0v) is 15.0. The van der Waals surface area contributed by atoms with Crippen molar-refractivity contribution in [2.24, 2.45) is 5.73 Å². The van der Waals surface area contributed by atoms with Gasteiger partial charge in [0.25, 0.3) is 0 Å². The van der Waals surface area contributed by atoms with Gasteiger partial charge < -0.3 is 15.2 Å². The minimum Gasteiger partial charge on any atom is -0.497 e. The first-order valence-corrected chi connectivity index (χ1v) is 8.49. The van der Waals surface area contributed by atoms with Gasteiger partial charge in [0.15, 0.2) is 0 Å². The summed E-state index contributed by atoms with van der Waals surface area (Å²) in [6.45, 7) is 2.02. The molecule has 134 valence electrons. The Hall–Kier alpha value is -3.72. The van der Waals surface area contributed by atoms with E-state index in [-0.39, 0.29) is 11.8 Å². The van der Waals surface area contributed by atoms with Crippen LogP contribution < -0.4 is 15.2 Å². The Bertz CT molecular complexity index is 1060. The van der Waals surface area contributed by atoms with E-state index in [0.717, 1.165) is 33.7 Å². The van der Waals surface area contributed by atoms with Crippen LogP contribution in [0.25, 0.3) is 11.3 Å². The third-order valence-corrected chi connectivity index (χ3v) is 4.73. The van der Waals surface area contributed by atoms with Gasteiger partial charge in [0.05, 0.1) is 24.3 Å². The van der Waals surface area contributed by atoms with Crippen LogP contribution in [0, 0.1) is 18.3 Å². The molecule has 27 heavy (non-hydrogen) atoms. The molecule has 6 nitrogen and oxygen atoms in total. The highest BCUT2D eigenvalue weighted by molar-refractivity contribution is 5.71. The van der Waals surface area contributed by atoms with E-state index in [4.69, 9.17) is 15.2 Å². The predicted molar refractivity (Wildman–Crippen MR) is 101 cm³/mol. The van der Waals surface area contributed by atoms with Crippen LogP contribution in [-0.4, -0.2) is 17.3 Å². The van der Waals surface area contributed by atoms with Crippen LogP contribution in [0.2, 0.25) is 0 Å². The Morgan fingerprint density at radius 1 is 1.15 bits per heavy atom. The summed E-state index contributed by atoms with van der Waals surface area (Å²) in [6, 6.07) is 17.9. The molecule has 0 spiro atoms. The molecule has 1 aromatic heterocycles. The summed E-state index contributed by atoms with van der Waals surface area (Å²) in [5.74, 6) is 0.891. The number of nitriles is 1. The molecule has 3 N–H and O–H groups in total. The predicted octanol–water partition coefficient (Wildman–Crippen LogP) is 3.61. The number of hydrogen-bond donors (Lipinski definition) is 2. The van der Waals surface area contributed by atoms with Crippen molar-refractivity contribution in [2.75, 3.05) is 7.11 Å². The number of aromatic amines is 1. The molecule has 1 atom stereocenters. The van der Waals surface area contributed by atoms with Crippen LogP contribution in [-0.2, 0) is 0 Å². The van der Waals surface area contributed by atoms with Crippen LogP contribution in [0.15, 0.2) is 60.0 Å². The van der Waals surface area contributed by atoms with Crippen LogP contribution in [0.4, 0.5) is 0 Å². The minimum absolute atomic E-state index is 0.0864. The lowest BCUT2D eigenvalue weighted by atomic mass is 9.83. The van der Waals surface area contributed by atoms with E-state index in [0.29, 0.717) is 11.5 Å². The summed E-state index contributed by atoms with van der Waals surface area (Å²) >= 11 is 0. The van der Waals surface area contributed by atoms with E-state index < -0.39 is 0 Å². The fraction of sp³-hybridized carbons (Fsp3) is 0.143. The first-order valence-electron chi connectivity index (χ1n) is 8.49.